The minimum Gasteiger partial charge on any atom is -0.342 e. The van der Waals surface area contributed by atoms with E-state index < -0.39 is 0 Å². The molecular weight excluding hydrogens is 310 g/mol. The van der Waals surface area contributed by atoms with Crippen molar-refractivity contribution < 1.29 is 4.79 Å². The molecule has 1 aliphatic heterocycles. The van der Waals surface area contributed by atoms with Gasteiger partial charge in [-0.15, -0.1) is 0 Å². The number of hydrogen-bond acceptors (Lipinski definition) is 3. The summed E-state index contributed by atoms with van der Waals surface area (Å²) in [6.07, 6.45) is 13.6. The normalized spacial score (nSPS) is 23.4. The second kappa shape index (κ2) is 11.0. The SMILES string of the molecule is CCc1ccccn1.NCC1CCC(C(=O)N2CCC=CCC2)CC1. The molecule has 0 radical (unpaired) electrons. The highest BCUT2D eigenvalue weighted by molar-refractivity contribution is 5.79. The van der Waals surface area contributed by atoms with Crippen LogP contribution in [0.15, 0.2) is 36.5 Å². The van der Waals surface area contributed by atoms with Gasteiger partial charge in [0.15, 0.2) is 0 Å². The van der Waals surface area contributed by atoms with Crippen LogP contribution in [-0.4, -0.2) is 35.4 Å². The number of aryl methyl sites for hydroxylation is 1. The van der Waals surface area contributed by atoms with E-state index >= 15 is 0 Å². The number of nitrogens with two attached hydrogens (primary N) is 1. The number of hydrogen-bond donors (Lipinski definition) is 1. The Labute approximate surface area is 152 Å². The van der Waals surface area contributed by atoms with E-state index in [1.54, 1.807) is 0 Å². The van der Waals surface area contributed by atoms with Crippen LogP contribution in [0.4, 0.5) is 0 Å². The number of nitrogens with zero attached hydrogens (tertiary/aromatic N) is 2. The van der Waals surface area contributed by atoms with Crippen LogP contribution in [0.25, 0.3) is 0 Å². The second-order valence-corrected chi connectivity index (χ2v) is 7.00. The van der Waals surface area contributed by atoms with E-state index in [1.807, 2.05) is 24.4 Å². The van der Waals surface area contributed by atoms with Gasteiger partial charge in [-0.1, -0.05) is 25.1 Å². The number of pyridine rings is 1. The van der Waals surface area contributed by atoms with Crippen LogP contribution in [0.3, 0.4) is 0 Å². The molecule has 4 nitrogen and oxygen atoms in total. The molecular formula is C21H33N3O. The summed E-state index contributed by atoms with van der Waals surface area (Å²) >= 11 is 0. The molecule has 1 aromatic heterocycles. The second-order valence-electron chi connectivity index (χ2n) is 7.00. The summed E-state index contributed by atoms with van der Waals surface area (Å²) in [4.78, 5) is 18.5. The van der Waals surface area contributed by atoms with Crippen molar-refractivity contribution in [3.63, 3.8) is 0 Å². The lowest BCUT2D eigenvalue weighted by molar-refractivity contribution is -0.136. The number of carbonyl (C=O) groups is 1. The molecule has 2 heterocycles. The molecule has 1 amide bonds. The summed E-state index contributed by atoms with van der Waals surface area (Å²) in [5.74, 6) is 1.32. The van der Waals surface area contributed by atoms with Crippen LogP contribution < -0.4 is 5.73 Å². The van der Waals surface area contributed by atoms with E-state index in [0.717, 1.165) is 70.3 Å². The van der Waals surface area contributed by atoms with Gasteiger partial charge in [-0.05, 0) is 69.5 Å². The minimum absolute atomic E-state index is 0.274. The van der Waals surface area contributed by atoms with Crippen molar-refractivity contribution in [1.82, 2.24) is 9.88 Å². The summed E-state index contributed by atoms with van der Waals surface area (Å²) in [5, 5.41) is 0. The fourth-order valence-corrected chi connectivity index (χ4v) is 3.54. The summed E-state index contributed by atoms with van der Waals surface area (Å²) in [5.41, 5.74) is 6.84. The Bertz CT molecular complexity index is 511. The van der Waals surface area contributed by atoms with Crippen molar-refractivity contribution >= 4 is 5.91 Å². The third-order valence-electron chi connectivity index (χ3n) is 5.23. The fraction of sp³-hybridized carbons (Fsp3) is 0.619. The highest BCUT2D eigenvalue weighted by Gasteiger charge is 2.28. The van der Waals surface area contributed by atoms with Crippen LogP contribution in [0.1, 0.15) is 51.1 Å². The predicted molar refractivity (Wildman–Crippen MR) is 103 cm³/mol. The minimum atomic E-state index is 0.274. The topological polar surface area (TPSA) is 59.2 Å². The zero-order valence-electron chi connectivity index (χ0n) is 15.6. The van der Waals surface area contributed by atoms with Crippen molar-refractivity contribution in [3.8, 4) is 0 Å². The lowest BCUT2D eigenvalue weighted by Gasteiger charge is -2.31. The Balaban J connectivity index is 0.000000236. The van der Waals surface area contributed by atoms with E-state index in [4.69, 9.17) is 5.73 Å². The Hall–Kier alpha value is -1.68. The Kier molecular flexibility index (Phi) is 8.67. The number of amides is 1. The van der Waals surface area contributed by atoms with Gasteiger partial charge in [-0.3, -0.25) is 9.78 Å². The molecule has 0 saturated heterocycles. The molecule has 0 spiro atoms. The molecule has 0 atom stereocenters. The Morgan fingerprint density at radius 3 is 2.32 bits per heavy atom. The van der Waals surface area contributed by atoms with Crippen LogP contribution in [-0.2, 0) is 11.2 Å². The van der Waals surface area contributed by atoms with Crippen LogP contribution in [0.2, 0.25) is 0 Å². The van der Waals surface area contributed by atoms with Gasteiger partial charge < -0.3 is 10.6 Å². The van der Waals surface area contributed by atoms with Crippen molar-refractivity contribution in [1.29, 1.82) is 0 Å². The quantitative estimate of drug-likeness (QED) is 0.854. The number of aromatic nitrogens is 1. The van der Waals surface area contributed by atoms with Gasteiger partial charge in [-0.25, -0.2) is 0 Å². The standard InChI is InChI=1S/C14H24N2O.C7H9N/c15-11-12-5-7-13(8-6-12)14(17)16-9-3-1-2-4-10-16;1-2-7-5-3-4-6-8-7/h1-2,12-13H,3-11,15H2;3-6H,2H2,1H3. The van der Waals surface area contributed by atoms with Gasteiger partial charge in [0.05, 0.1) is 0 Å². The molecule has 1 saturated carbocycles. The maximum Gasteiger partial charge on any atom is 0.225 e. The Morgan fingerprint density at radius 1 is 1.16 bits per heavy atom. The van der Waals surface area contributed by atoms with Gasteiger partial charge in [0, 0.05) is 30.9 Å². The maximum absolute atomic E-state index is 12.4. The smallest absolute Gasteiger partial charge is 0.225 e. The van der Waals surface area contributed by atoms with Crippen LogP contribution in [0.5, 0.6) is 0 Å². The van der Waals surface area contributed by atoms with E-state index in [1.165, 1.54) is 0 Å². The molecule has 1 aliphatic carbocycles. The third-order valence-corrected chi connectivity index (χ3v) is 5.23. The first kappa shape index (κ1) is 19.6. The van der Waals surface area contributed by atoms with E-state index in [9.17, 15) is 4.79 Å². The van der Waals surface area contributed by atoms with Crippen LogP contribution >= 0.6 is 0 Å². The first-order chi connectivity index (χ1) is 12.2. The number of rotatable bonds is 3. The molecule has 138 valence electrons. The molecule has 25 heavy (non-hydrogen) atoms. The molecule has 2 aliphatic rings. The third kappa shape index (κ3) is 6.62. The predicted octanol–water partition coefficient (Wildman–Crippen LogP) is 3.57. The highest BCUT2D eigenvalue weighted by Crippen LogP contribution is 2.29. The average molecular weight is 344 g/mol. The molecule has 0 aromatic carbocycles. The summed E-state index contributed by atoms with van der Waals surface area (Å²) in [6, 6.07) is 5.96. The van der Waals surface area contributed by atoms with Gasteiger partial charge in [0.25, 0.3) is 0 Å². The molecule has 3 rings (SSSR count). The lowest BCUT2D eigenvalue weighted by atomic mass is 9.81. The van der Waals surface area contributed by atoms with Crippen molar-refractivity contribution in [3.05, 3.63) is 42.2 Å². The van der Waals surface area contributed by atoms with Gasteiger partial charge in [-0.2, -0.15) is 0 Å². The molecule has 0 bridgehead atoms. The summed E-state index contributed by atoms with van der Waals surface area (Å²) in [6.45, 7) is 4.70. The van der Waals surface area contributed by atoms with Crippen molar-refractivity contribution in [2.45, 2.75) is 51.9 Å². The zero-order valence-corrected chi connectivity index (χ0v) is 15.6. The molecule has 0 unspecified atom stereocenters. The first-order valence-electron chi connectivity index (χ1n) is 9.78. The van der Waals surface area contributed by atoms with Gasteiger partial charge >= 0.3 is 0 Å². The highest BCUT2D eigenvalue weighted by atomic mass is 16.2. The summed E-state index contributed by atoms with van der Waals surface area (Å²) < 4.78 is 0. The molecule has 2 N–H and O–H groups in total. The maximum atomic E-state index is 12.4. The summed E-state index contributed by atoms with van der Waals surface area (Å²) in [7, 11) is 0. The zero-order chi connectivity index (χ0) is 17.9. The van der Waals surface area contributed by atoms with E-state index in [2.05, 4.69) is 29.0 Å². The number of carbonyl (C=O) groups excluding carboxylic acids is 1. The largest absolute Gasteiger partial charge is 0.342 e. The fourth-order valence-electron chi connectivity index (χ4n) is 3.54. The van der Waals surface area contributed by atoms with Gasteiger partial charge in [0.1, 0.15) is 0 Å². The van der Waals surface area contributed by atoms with Crippen molar-refractivity contribution in [2.24, 2.45) is 17.6 Å². The molecule has 1 aromatic rings. The van der Waals surface area contributed by atoms with Crippen LogP contribution in [0, 0.1) is 11.8 Å². The molecule has 4 heteroatoms. The van der Waals surface area contributed by atoms with Crippen molar-refractivity contribution in [2.75, 3.05) is 19.6 Å². The van der Waals surface area contributed by atoms with Gasteiger partial charge in [0.2, 0.25) is 5.91 Å². The monoisotopic (exact) mass is 343 g/mol. The molecule has 1 fully saturated rings. The first-order valence-corrected chi connectivity index (χ1v) is 9.78. The van der Waals surface area contributed by atoms with E-state index in [-0.39, 0.29) is 5.92 Å². The Morgan fingerprint density at radius 2 is 1.84 bits per heavy atom. The van der Waals surface area contributed by atoms with E-state index in [0.29, 0.717) is 11.8 Å². The average Bonchev–Trinajstić information content (AvgIpc) is 2.98. The lowest BCUT2D eigenvalue weighted by Crippen LogP contribution is -2.38.